The molecule has 0 aliphatic heterocycles. The molecule has 0 heterocycles. The zero-order valence-electron chi connectivity index (χ0n) is 18.0. The Hall–Kier alpha value is -3.39. The fourth-order valence-electron chi connectivity index (χ4n) is 3.08. The van der Waals surface area contributed by atoms with Gasteiger partial charge in [0.15, 0.2) is 0 Å². The number of esters is 1. The van der Waals surface area contributed by atoms with Crippen LogP contribution in [0.15, 0.2) is 77.3 Å². The van der Waals surface area contributed by atoms with Crippen molar-refractivity contribution in [3.8, 4) is 5.75 Å². The van der Waals surface area contributed by atoms with Gasteiger partial charge in [-0.15, -0.1) is 0 Å². The number of carbonyl (C=O) groups is 2. The maximum atomic E-state index is 13.3. The minimum Gasteiger partial charge on any atom is -0.486 e. The van der Waals surface area contributed by atoms with Gasteiger partial charge in [0.1, 0.15) is 17.7 Å². The maximum Gasteiger partial charge on any atom is 0.338 e. The van der Waals surface area contributed by atoms with Gasteiger partial charge >= 0.3 is 12.0 Å². The first-order valence-corrected chi connectivity index (χ1v) is 11.2. The van der Waals surface area contributed by atoms with Crippen LogP contribution in [0.1, 0.15) is 35.4 Å². The van der Waals surface area contributed by atoms with Gasteiger partial charge < -0.3 is 20.1 Å². The van der Waals surface area contributed by atoms with Gasteiger partial charge in [0, 0.05) is 23.1 Å². The number of ether oxygens (including phenoxy) is 2. The molecule has 0 fully saturated rings. The normalized spacial score (nSPS) is 11.4. The predicted molar refractivity (Wildman–Crippen MR) is 128 cm³/mol. The van der Waals surface area contributed by atoms with Crippen molar-refractivity contribution in [2.24, 2.45) is 0 Å². The Morgan fingerprint density at radius 2 is 1.76 bits per heavy atom. The molecule has 2 amide bonds. The molecule has 0 aliphatic carbocycles. The lowest BCUT2D eigenvalue weighted by atomic mass is 10.1. The molecule has 0 saturated heterocycles. The molecule has 8 heteroatoms. The van der Waals surface area contributed by atoms with Crippen LogP contribution in [0.3, 0.4) is 0 Å². The molecule has 2 N–H and O–H groups in total. The molecule has 172 valence electrons. The van der Waals surface area contributed by atoms with E-state index in [1.54, 1.807) is 37.3 Å². The summed E-state index contributed by atoms with van der Waals surface area (Å²) in [6.45, 7) is 2.38. The molecule has 33 heavy (non-hydrogen) atoms. The molecule has 0 aromatic heterocycles. The fraction of sp³-hybridized carbons (Fsp3) is 0.200. The van der Waals surface area contributed by atoms with Crippen molar-refractivity contribution in [3.05, 3.63) is 94.2 Å². The van der Waals surface area contributed by atoms with Crippen LogP contribution in [0.2, 0.25) is 0 Å². The highest BCUT2D eigenvalue weighted by Crippen LogP contribution is 2.26. The van der Waals surface area contributed by atoms with E-state index >= 15 is 0 Å². The molecule has 1 atom stereocenters. The number of rotatable bonds is 9. The number of amides is 2. The second-order valence-electron chi connectivity index (χ2n) is 7.08. The predicted octanol–water partition coefficient (Wildman–Crippen LogP) is 6.10. The molecule has 0 aliphatic rings. The van der Waals surface area contributed by atoms with Gasteiger partial charge in [-0.25, -0.2) is 14.0 Å². The number of hydrogen-bond acceptors (Lipinski definition) is 4. The van der Waals surface area contributed by atoms with Crippen LogP contribution < -0.4 is 15.4 Å². The molecule has 3 aromatic carbocycles. The van der Waals surface area contributed by atoms with E-state index in [1.807, 2.05) is 24.3 Å². The summed E-state index contributed by atoms with van der Waals surface area (Å²) in [4.78, 5) is 24.0. The van der Waals surface area contributed by atoms with E-state index in [-0.39, 0.29) is 12.1 Å². The summed E-state index contributed by atoms with van der Waals surface area (Å²) in [6, 6.07) is 19.7. The second-order valence-corrected chi connectivity index (χ2v) is 8.00. The first kappa shape index (κ1) is 24.3. The molecule has 0 bridgehead atoms. The van der Waals surface area contributed by atoms with Gasteiger partial charge in [-0.3, -0.25) is 0 Å². The maximum absolute atomic E-state index is 13.3. The second kappa shape index (κ2) is 12.0. The van der Waals surface area contributed by atoms with E-state index in [2.05, 4.69) is 26.6 Å². The van der Waals surface area contributed by atoms with E-state index in [9.17, 15) is 14.0 Å². The smallest absolute Gasteiger partial charge is 0.338 e. The number of benzene rings is 3. The number of nitrogens with one attached hydrogen (secondary N) is 2. The first-order valence-electron chi connectivity index (χ1n) is 10.4. The van der Waals surface area contributed by atoms with Crippen LogP contribution in [-0.4, -0.2) is 25.2 Å². The summed E-state index contributed by atoms with van der Waals surface area (Å²) in [5, 5.41) is 5.36. The molecule has 3 aromatic rings. The average molecular weight is 515 g/mol. The molecule has 1 unspecified atom stereocenters. The number of halogens is 2. The van der Waals surface area contributed by atoms with Crippen molar-refractivity contribution in [2.75, 3.05) is 18.5 Å². The Labute approximate surface area is 200 Å². The summed E-state index contributed by atoms with van der Waals surface area (Å²) in [5.74, 6) is -0.229. The first-order chi connectivity index (χ1) is 15.9. The Bertz CT molecular complexity index is 1070. The monoisotopic (exact) mass is 514 g/mol. The van der Waals surface area contributed by atoms with E-state index in [4.69, 9.17) is 9.47 Å². The molecule has 0 spiro atoms. The number of carbonyl (C=O) groups excluding carboxylic acids is 2. The third-order valence-corrected chi connectivity index (χ3v) is 5.19. The Morgan fingerprint density at radius 1 is 1.03 bits per heavy atom. The SMILES string of the molecule is CCOC(=O)c1ccc(OC(CCNC(=O)Nc2cccc(F)c2)c2ccc(Br)cc2)cc1. The number of urea groups is 1. The lowest BCUT2D eigenvalue weighted by Crippen LogP contribution is -2.30. The summed E-state index contributed by atoms with van der Waals surface area (Å²) in [5.41, 5.74) is 1.75. The highest BCUT2D eigenvalue weighted by Gasteiger charge is 2.15. The average Bonchev–Trinajstić information content (AvgIpc) is 2.79. The van der Waals surface area contributed by atoms with Crippen LogP contribution in [0.5, 0.6) is 5.75 Å². The van der Waals surface area contributed by atoms with Crippen LogP contribution >= 0.6 is 15.9 Å². The van der Waals surface area contributed by atoms with E-state index in [0.29, 0.717) is 36.6 Å². The van der Waals surface area contributed by atoms with E-state index < -0.39 is 11.8 Å². The van der Waals surface area contributed by atoms with Crippen LogP contribution in [0.4, 0.5) is 14.9 Å². The topological polar surface area (TPSA) is 76.7 Å². The van der Waals surface area contributed by atoms with Crippen molar-refractivity contribution in [2.45, 2.75) is 19.4 Å². The number of hydrogen-bond donors (Lipinski definition) is 2. The molecule has 0 radical (unpaired) electrons. The summed E-state index contributed by atoms with van der Waals surface area (Å²) in [6.07, 6.45) is 0.138. The Morgan fingerprint density at radius 3 is 2.42 bits per heavy atom. The Balaban J connectivity index is 1.63. The molecule has 6 nitrogen and oxygen atoms in total. The largest absolute Gasteiger partial charge is 0.486 e. The fourth-order valence-corrected chi connectivity index (χ4v) is 3.34. The van der Waals surface area contributed by atoms with Crippen molar-refractivity contribution in [3.63, 3.8) is 0 Å². The van der Waals surface area contributed by atoms with Crippen molar-refractivity contribution in [1.82, 2.24) is 5.32 Å². The molecular weight excluding hydrogens is 491 g/mol. The zero-order valence-corrected chi connectivity index (χ0v) is 19.6. The third-order valence-electron chi connectivity index (χ3n) is 4.66. The summed E-state index contributed by atoms with van der Waals surface area (Å²) < 4.78 is 25.4. The molecule has 0 saturated carbocycles. The minimum absolute atomic E-state index is 0.308. The van der Waals surface area contributed by atoms with Gasteiger partial charge in [-0.2, -0.15) is 0 Å². The van der Waals surface area contributed by atoms with E-state index in [0.717, 1.165) is 10.0 Å². The minimum atomic E-state index is -0.436. The van der Waals surface area contributed by atoms with Crippen molar-refractivity contribution < 1.29 is 23.5 Å². The highest BCUT2D eigenvalue weighted by atomic mass is 79.9. The number of anilines is 1. The van der Waals surface area contributed by atoms with E-state index in [1.165, 1.54) is 18.2 Å². The third kappa shape index (κ3) is 7.61. The lowest BCUT2D eigenvalue weighted by molar-refractivity contribution is 0.0526. The quantitative estimate of drug-likeness (QED) is 0.338. The standard InChI is InChI=1S/C25H24BrFN2O4/c1-2-32-24(30)18-8-12-22(13-9-18)33-23(17-6-10-19(26)11-7-17)14-15-28-25(31)29-21-5-3-4-20(27)16-21/h3-13,16,23H,2,14-15H2,1H3,(H2,28,29,31). The van der Waals surface area contributed by atoms with Gasteiger partial charge in [0.05, 0.1) is 12.2 Å². The zero-order chi connectivity index (χ0) is 23.6. The van der Waals surface area contributed by atoms with Crippen LogP contribution in [0, 0.1) is 5.82 Å². The van der Waals surface area contributed by atoms with Gasteiger partial charge in [0.2, 0.25) is 0 Å². The van der Waals surface area contributed by atoms with Gasteiger partial charge in [-0.05, 0) is 67.1 Å². The summed E-state index contributed by atoms with van der Waals surface area (Å²) >= 11 is 3.43. The lowest BCUT2D eigenvalue weighted by Gasteiger charge is -2.20. The highest BCUT2D eigenvalue weighted by molar-refractivity contribution is 9.10. The summed E-state index contributed by atoms with van der Waals surface area (Å²) in [7, 11) is 0. The van der Waals surface area contributed by atoms with Crippen LogP contribution in [-0.2, 0) is 4.74 Å². The van der Waals surface area contributed by atoms with Crippen molar-refractivity contribution >= 4 is 33.6 Å². The molecule has 3 rings (SSSR count). The Kier molecular flexibility index (Phi) is 8.83. The van der Waals surface area contributed by atoms with Gasteiger partial charge in [0.25, 0.3) is 0 Å². The van der Waals surface area contributed by atoms with Gasteiger partial charge in [-0.1, -0.05) is 34.1 Å². The van der Waals surface area contributed by atoms with Crippen LogP contribution in [0.25, 0.3) is 0 Å². The molecular formula is C25H24BrFN2O4. The van der Waals surface area contributed by atoms with Crippen molar-refractivity contribution in [1.29, 1.82) is 0 Å².